The SMILES string of the molecule is CCCCc1ccc(-c2cc(F)c(C(F)(F)Oc3ccc(-c4cc(F)c(C(F)(F)F)c(F)c4)c(F)c3)c(Cl)c2)cc1. The quantitative estimate of drug-likeness (QED) is 0.182. The van der Waals surface area contributed by atoms with Crippen LogP contribution in [0.4, 0.5) is 39.5 Å². The van der Waals surface area contributed by atoms with E-state index >= 15 is 8.78 Å². The minimum atomic E-state index is -5.33. The van der Waals surface area contributed by atoms with Gasteiger partial charge in [-0.3, -0.25) is 0 Å². The highest BCUT2D eigenvalue weighted by atomic mass is 35.5. The Morgan fingerprint density at radius 3 is 1.78 bits per heavy atom. The van der Waals surface area contributed by atoms with Crippen molar-refractivity contribution in [1.29, 1.82) is 0 Å². The molecule has 216 valence electrons. The van der Waals surface area contributed by atoms with Crippen molar-refractivity contribution < 1.29 is 44.3 Å². The predicted octanol–water partition coefficient (Wildman–Crippen LogP) is 10.7. The van der Waals surface area contributed by atoms with Gasteiger partial charge in [-0.15, -0.1) is 0 Å². The van der Waals surface area contributed by atoms with Gasteiger partial charge in [-0.1, -0.05) is 49.2 Å². The molecule has 0 atom stereocenters. The van der Waals surface area contributed by atoms with E-state index in [0.29, 0.717) is 11.6 Å². The Bertz CT molecular complexity index is 1520. The number of alkyl halides is 5. The number of halogens is 10. The minimum absolute atomic E-state index is 0.237. The molecular weight excluding hydrogens is 583 g/mol. The minimum Gasteiger partial charge on any atom is -0.429 e. The van der Waals surface area contributed by atoms with Gasteiger partial charge in [-0.25, -0.2) is 17.6 Å². The van der Waals surface area contributed by atoms with Gasteiger partial charge in [0, 0.05) is 11.6 Å². The van der Waals surface area contributed by atoms with E-state index in [1.807, 2.05) is 12.1 Å². The molecule has 4 aromatic carbocycles. The van der Waals surface area contributed by atoms with Crippen LogP contribution in [-0.2, 0) is 18.7 Å². The molecule has 0 saturated carbocycles. The molecule has 0 radical (unpaired) electrons. The van der Waals surface area contributed by atoms with Crippen LogP contribution in [0, 0.1) is 23.3 Å². The average Bonchev–Trinajstić information content (AvgIpc) is 2.85. The molecule has 0 N–H and O–H groups in total. The number of benzene rings is 4. The molecule has 0 saturated heterocycles. The van der Waals surface area contributed by atoms with E-state index in [2.05, 4.69) is 11.7 Å². The second-order valence-electron chi connectivity index (χ2n) is 9.19. The van der Waals surface area contributed by atoms with Gasteiger partial charge in [-0.2, -0.15) is 22.0 Å². The molecular formula is C30H20ClF9O. The molecule has 4 rings (SSSR count). The maximum Gasteiger partial charge on any atom is 0.431 e. The second-order valence-corrected chi connectivity index (χ2v) is 9.60. The van der Waals surface area contributed by atoms with Crippen molar-refractivity contribution in [3.05, 3.63) is 112 Å². The maximum absolute atomic E-state index is 15.0. The van der Waals surface area contributed by atoms with Crippen LogP contribution in [0.5, 0.6) is 5.75 Å². The number of hydrogen-bond donors (Lipinski definition) is 0. The Balaban J connectivity index is 1.59. The Kier molecular flexibility index (Phi) is 8.63. The Morgan fingerprint density at radius 2 is 1.24 bits per heavy atom. The first kappa shape index (κ1) is 30.3. The number of aryl methyl sites for hydroxylation is 1. The summed E-state index contributed by atoms with van der Waals surface area (Å²) in [5.41, 5.74) is -2.84. The van der Waals surface area contributed by atoms with Gasteiger partial charge in [0.2, 0.25) is 0 Å². The third-order valence-electron chi connectivity index (χ3n) is 6.26. The molecule has 0 fully saturated rings. The number of rotatable bonds is 8. The summed E-state index contributed by atoms with van der Waals surface area (Å²) in [6, 6.07) is 11.6. The summed E-state index contributed by atoms with van der Waals surface area (Å²) < 4.78 is 131. The van der Waals surface area contributed by atoms with Crippen LogP contribution in [0.2, 0.25) is 5.02 Å². The zero-order valence-corrected chi connectivity index (χ0v) is 21.9. The van der Waals surface area contributed by atoms with Gasteiger partial charge in [-0.05, 0) is 71.5 Å². The van der Waals surface area contributed by atoms with Gasteiger partial charge < -0.3 is 4.74 Å². The lowest BCUT2D eigenvalue weighted by atomic mass is 10.00. The second kappa shape index (κ2) is 11.7. The molecule has 1 nitrogen and oxygen atoms in total. The molecule has 0 amide bonds. The molecule has 11 heteroatoms. The molecule has 0 aliphatic heterocycles. The zero-order chi connectivity index (χ0) is 30.1. The first-order valence-corrected chi connectivity index (χ1v) is 12.6. The molecule has 0 spiro atoms. The van der Waals surface area contributed by atoms with E-state index in [9.17, 15) is 30.7 Å². The average molecular weight is 603 g/mol. The van der Waals surface area contributed by atoms with Crippen LogP contribution in [0.15, 0.2) is 66.7 Å². The normalized spacial score (nSPS) is 12.1. The monoisotopic (exact) mass is 602 g/mol. The lowest BCUT2D eigenvalue weighted by Crippen LogP contribution is -2.24. The smallest absolute Gasteiger partial charge is 0.429 e. The van der Waals surface area contributed by atoms with E-state index in [1.54, 1.807) is 12.1 Å². The van der Waals surface area contributed by atoms with E-state index in [4.69, 9.17) is 11.6 Å². The molecule has 0 aliphatic carbocycles. The Morgan fingerprint density at radius 1 is 0.659 bits per heavy atom. The molecule has 0 unspecified atom stereocenters. The summed E-state index contributed by atoms with van der Waals surface area (Å²) in [7, 11) is 0. The fourth-order valence-corrected chi connectivity index (χ4v) is 4.57. The molecule has 0 bridgehead atoms. The van der Waals surface area contributed by atoms with Gasteiger partial charge >= 0.3 is 12.3 Å². The lowest BCUT2D eigenvalue weighted by molar-refractivity contribution is -0.187. The standard InChI is InChI=1S/C30H20ClF9O/c1-2-3-4-16-5-7-17(8-6-16)18-11-22(31)27(24(33)12-18)30(39,40)41-20-9-10-21(23(32)15-20)19-13-25(34)28(26(35)14-19)29(36,37)38/h5-15H,2-4H2,1H3. The summed E-state index contributed by atoms with van der Waals surface area (Å²) in [4.78, 5) is 0. The van der Waals surface area contributed by atoms with Crippen molar-refractivity contribution in [2.45, 2.75) is 38.5 Å². The third kappa shape index (κ3) is 6.64. The van der Waals surface area contributed by atoms with E-state index in [-0.39, 0.29) is 17.7 Å². The summed E-state index contributed by atoms with van der Waals surface area (Å²) in [5.74, 6) is -7.52. The van der Waals surface area contributed by atoms with Crippen molar-refractivity contribution in [3.63, 3.8) is 0 Å². The van der Waals surface area contributed by atoms with Gasteiger partial charge in [0.1, 0.15) is 40.1 Å². The Labute approximate surface area is 234 Å². The van der Waals surface area contributed by atoms with Crippen molar-refractivity contribution in [2.75, 3.05) is 0 Å². The molecule has 4 aromatic rings. The highest BCUT2D eigenvalue weighted by Gasteiger charge is 2.41. The van der Waals surface area contributed by atoms with E-state index < -0.39 is 68.6 Å². The van der Waals surface area contributed by atoms with Gasteiger partial charge in [0.05, 0.1) is 5.02 Å². The fourth-order valence-electron chi connectivity index (χ4n) is 4.25. The summed E-state index contributed by atoms with van der Waals surface area (Å²) in [6.07, 6.45) is -6.86. The Hall–Kier alpha value is -3.66. The van der Waals surface area contributed by atoms with Crippen LogP contribution < -0.4 is 4.74 Å². The largest absolute Gasteiger partial charge is 0.431 e. The van der Waals surface area contributed by atoms with Crippen LogP contribution in [0.3, 0.4) is 0 Å². The summed E-state index contributed by atoms with van der Waals surface area (Å²) in [5, 5.41) is -0.659. The van der Waals surface area contributed by atoms with Crippen LogP contribution in [0.1, 0.15) is 36.5 Å². The van der Waals surface area contributed by atoms with Crippen LogP contribution >= 0.6 is 11.6 Å². The third-order valence-corrected chi connectivity index (χ3v) is 6.56. The molecule has 41 heavy (non-hydrogen) atoms. The first-order valence-electron chi connectivity index (χ1n) is 12.2. The number of hydrogen-bond acceptors (Lipinski definition) is 1. The number of unbranched alkanes of at least 4 members (excludes halogenated alkanes) is 1. The summed E-state index contributed by atoms with van der Waals surface area (Å²) in [6.45, 7) is 2.06. The van der Waals surface area contributed by atoms with Crippen molar-refractivity contribution in [3.8, 4) is 28.0 Å². The highest BCUT2D eigenvalue weighted by Crippen LogP contribution is 2.41. The topological polar surface area (TPSA) is 9.23 Å². The molecule has 0 heterocycles. The highest BCUT2D eigenvalue weighted by molar-refractivity contribution is 6.31. The first-order chi connectivity index (χ1) is 19.2. The van der Waals surface area contributed by atoms with E-state index in [0.717, 1.165) is 49.1 Å². The van der Waals surface area contributed by atoms with Crippen LogP contribution in [-0.4, -0.2) is 0 Å². The fraction of sp³-hybridized carbons (Fsp3) is 0.200. The predicted molar refractivity (Wildman–Crippen MR) is 137 cm³/mol. The maximum atomic E-state index is 15.0. The number of ether oxygens (including phenoxy) is 1. The van der Waals surface area contributed by atoms with E-state index in [1.165, 1.54) is 0 Å². The van der Waals surface area contributed by atoms with Gasteiger partial charge in [0.25, 0.3) is 0 Å². The zero-order valence-electron chi connectivity index (χ0n) is 21.2. The van der Waals surface area contributed by atoms with Crippen molar-refractivity contribution in [1.82, 2.24) is 0 Å². The van der Waals surface area contributed by atoms with Crippen molar-refractivity contribution in [2.24, 2.45) is 0 Å². The van der Waals surface area contributed by atoms with Gasteiger partial charge in [0.15, 0.2) is 0 Å². The summed E-state index contributed by atoms with van der Waals surface area (Å²) >= 11 is 6.02. The van der Waals surface area contributed by atoms with Crippen LogP contribution in [0.25, 0.3) is 22.3 Å². The lowest BCUT2D eigenvalue weighted by Gasteiger charge is -2.21. The molecule has 0 aromatic heterocycles. The molecule has 0 aliphatic rings. The van der Waals surface area contributed by atoms with Crippen molar-refractivity contribution >= 4 is 11.6 Å².